The lowest BCUT2D eigenvalue weighted by Gasteiger charge is -2.18. The Morgan fingerprint density at radius 3 is 2.60 bits per heavy atom. The number of carbonyl (C=O) groups is 1. The Bertz CT molecular complexity index is 1300. The van der Waals surface area contributed by atoms with E-state index in [0.29, 0.717) is 42.7 Å². The van der Waals surface area contributed by atoms with Crippen molar-refractivity contribution in [2.24, 2.45) is 0 Å². The first kappa shape index (κ1) is 24.6. The molecule has 6 nitrogen and oxygen atoms in total. The summed E-state index contributed by atoms with van der Waals surface area (Å²) in [6, 6.07) is 18.8. The number of aryl methyl sites for hydroxylation is 1. The van der Waals surface area contributed by atoms with Gasteiger partial charge < -0.3 is 24.9 Å². The number of nitrogens with one attached hydrogen (secondary N) is 2. The summed E-state index contributed by atoms with van der Waals surface area (Å²) < 4.78 is 11.8. The summed E-state index contributed by atoms with van der Waals surface area (Å²) in [5, 5.41) is 14.4. The third-order valence-corrected chi connectivity index (χ3v) is 6.10. The highest BCUT2D eigenvalue weighted by Crippen LogP contribution is 2.37. The third kappa shape index (κ3) is 6.15. The number of carboxylic acids is 1. The molecular weight excluding hydrogens is 464 g/mol. The standard InChI is InChI=1S/C28H29ClN2O4/c1-3-34-26-13-20(12-23(29)27(26)35-17-19-10-8-18(2)9-11-19)15-30-25(28(32)33)14-21-16-31-24-7-5-4-6-22(21)24/h4-13,16,25,30-31H,3,14-15,17H2,1-2H3,(H,32,33)/t25-/m1/s1. The predicted molar refractivity (Wildman–Crippen MR) is 138 cm³/mol. The minimum absolute atomic E-state index is 0.317. The maximum Gasteiger partial charge on any atom is 0.321 e. The van der Waals surface area contributed by atoms with Gasteiger partial charge >= 0.3 is 5.97 Å². The van der Waals surface area contributed by atoms with Crippen LogP contribution in [0.4, 0.5) is 0 Å². The highest BCUT2D eigenvalue weighted by atomic mass is 35.5. The molecule has 0 aliphatic heterocycles. The number of hydrogen-bond donors (Lipinski definition) is 3. The molecule has 0 bridgehead atoms. The van der Waals surface area contributed by atoms with Gasteiger partial charge in [-0.1, -0.05) is 59.6 Å². The van der Waals surface area contributed by atoms with Crippen LogP contribution < -0.4 is 14.8 Å². The molecule has 1 heterocycles. The second-order valence-corrected chi connectivity index (χ2v) is 8.85. The highest BCUT2D eigenvalue weighted by Gasteiger charge is 2.20. The van der Waals surface area contributed by atoms with Gasteiger partial charge in [-0.05, 0) is 48.7 Å². The first-order valence-corrected chi connectivity index (χ1v) is 12.0. The smallest absolute Gasteiger partial charge is 0.321 e. The number of benzene rings is 3. The number of halogens is 1. The number of fused-ring (bicyclic) bond motifs is 1. The SMILES string of the molecule is CCOc1cc(CN[C@H](Cc2c[nH]c3ccccc23)C(=O)O)cc(Cl)c1OCc1ccc(C)cc1. The number of ether oxygens (including phenoxy) is 2. The molecule has 3 N–H and O–H groups in total. The van der Waals surface area contributed by atoms with Gasteiger partial charge in [0.1, 0.15) is 12.6 Å². The fourth-order valence-electron chi connectivity index (χ4n) is 3.97. The van der Waals surface area contributed by atoms with E-state index < -0.39 is 12.0 Å². The van der Waals surface area contributed by atoms with Crippen LogP contribution in [-0.4, -0.2) is 28.7 Å². The van der Waals surface area contributed by atoms with Crippen molar-refractivity contribution in [1.29, 1.82) is 0 Å². The fourth-order valence-corrected chi connectivity index (χ4v) is 4.26. The van der Waals surface area contributed by atoms with Gasteiger partial charge in [0, 0.05) is 30.1 Å². The maximum atomic E-state index is 12.0. The number of aromatic amines is 1. The number of aliphatic carboxylic acids is 1. The lowest BCUT2D eigenvalue weighted by atomic mass is 10.0. The Morgan fingerprint density at radius 1 is 1.09 bits per heavy atom. The number of H-pyrrole nitrogens is 1. The van der Waals surface area contributed by atoms with Crippen LogP contribution in [0, 0.1) is 6.92 Å². The minimum atomic E-state index is -0.913. The normalized spacial score (nSPS) is 12.0. The van der Waals surface area contributed by atoms with Gasteiger partial charge in [0.2, 0.25) is 0 Å². The summed E-state index contributed by atoms with van der Waals surface area (Å²) in [6.07, 6.45) is 2.22. The second kappa shape index (κ2) is 11.3. The number of carboxylic acid groups (broad SMARTS) is 1. The monoisotopic (exact) mass is 492 g/mol. The van der Waals surface area contributed by atoms with Crippen molar-refractivity contribution >= 4 is 28.5 Å². The second-order valence-electron chi connectivity index (χ2n) is 8.45. The van der Waals surface area contributed by atoms with Gasteiger partial charge in [0.05, 0.1) is 11.6 Å². The zero-order chi connectivity index (χ0) is 24.8. The molecule has 182 valence electrons. The molecule has 3 aromatic carbocycles. The van der Waals surface area contributed by atoms with Crippen molar-refractivity contribution in [1.82, 2.24) is 10.3 Å². The van der Waals surface area contributed by atoms with Crippen molar-refractivity contribution in [3.63, 3.8) is 0 Å². The van der Waals surface area contributed by atoms with Gasteiger partial charge in [0.25, 0.3) is 0 Å². The van der Waals surface area contributed by atoms with Crippen molar-refractivity contribution in [2.45, 2.75) is 39.5 Å². The Labute approximate surface area is 209 Å². The Morgan fingerprint density at radius 2 is 1.86 bits per heavy atom. The van der Waals surface area contributed by atoms with Crippen LogP contribution in [0.1, 0.15) is 29.2 Å². The number of rotatable bonds is 11. The van der Waals surface area contributed by atoms with E-state index in [-0.39, 0.29) is 0 Å². The van der Waals surface area contributed by atoms with Crippen LogP contribution in [0.25, 0.3) is 10.9 Å². The fraction of sp³-hybridized carbons (Fsp3) is 0.250. The summed E-state index contributed by atoms with van der Waals surface area (Å²) in [5.74, 6) is 0.100. The zero-order valence-corrected chi connectivity index (χ0v) is 20.6. The lowest BCUT2D eigenvalue weighted by molar-refractivity contribution is -0.139. The van der Waals surface area contributed by atoms with Gasteiger partial charge in [-0.25, -0.2) is 0 Å². The Kier molecular flexibility index (Phi) is 7.95. The van der Waals surface area contributed by atoms with Crippen molar-refractivity contribution in [3.05, 3.63) is 94.1 Å². The molecule has 35 heavy (non-hydrogen) atoms. The van der Waals surface area contributed by atoms with E-state index in [0.717, 1.165) is 27.6 Å². The molecule has 0 aliphatic carbocycles. The number of hydrogen-bond acceptors (Lipinski definition) is 4. The summed E-state index contributed by atoms with van der Waals surface area (Å²) in [7, 11) is 0. The summed E-state index contributed by atoms with van der Waals surface area (Å²) in [6.45, 7) is 5.06. The van der Waals surface area contributed by atoms with Crippen LogP contribution in [-0.2, 0) is 24.4 Å². The molecule has 4 aromatic rings. The highest BCUT2D eigenvalue weighted by molar-refractivity contribution is 6.32. The van der Waals surface area contributed by atoms with E-state index in [9.17, 15) is 9.90 Å². The predicted octanol–water partition coefficient (Wildman–Crippen LogP) is 5.89. The molecular formula is C28H29ClN2O4. The number of para-hydroxylation sites is 1. The third-order valence-electron chi connectivity index (χ3n) is 5.82. The zero-order valence-electron chi connectivity index (χ0n) is 19.8. The van der Waals surface area contributed by atoms with Crippen molar-refractivity contribution in [3.8, 4) is 11.5 Å². The van der Waals surface area contributed by atoms with Gasteiger partial charge in [0.15, 0.2) is 11.5 Å². The van der Waals surface area contributed by atoms with Crippen LogP contribution in [0.15, 0.2) is 66.9 Å². The molecule has 0 spiro atoms. The Hall–Kier alpha value is -3.48. The summed E-state index contributed by atoms with van der Waals surface area (Å²) in [4.78, 5) is 15.2. The molecule has 0 saturated carbocycles. The van der Waals surface area contributed by atoms with E-state index in [1.807, 2.05) is 74.6 Å². The van der Waals surface area contributed by atoms with Crippen molar-refractivity contribution in [2.75, 3.05) is 6.61 Å². The Balaban J connectivity index is 1.47. The molecule has 0 aliphatic rings. The molecule has 0 fully saturated rings. The van der Waals surface area contributed by atoms with E-state index in [1.54, 1.807) is 6.07 Å². The largest absolute Gasteiger partial charge is 0.490 e. The lowest BCUT2D eigenvalue weighted by Crippen LogP contribution is -2.38. The molecule has 0 radical (unpaired) electrons. The molecule has 0 unspecified atom stereocenters. The van der Waals surface area contributed by atoms with E-state index >= 15 is 0 Å². The average molecular weight is 493 g/mol. The molecule has 1 aromatic heterocycles. The van der Waals surface area contributed by atoms with Crippen LogP contribution in [0.5, 0.6) is 11.5 Å². The summed E-state index contributed by atoms with van der Waals surface area (Å²) >= 11 is 6.57. The number of aromatic nitrogens is 1. The quantitative estimate of drug-likeness (QED) is 0.243. The molecule has 7 heteroatoms. The molecule has 1 atom stereocenters. The van der Waals surface area contributed by atoms with Gasteiger partial charge in [-0.3, -0.25) is 4.79 Å². The topological polar surface area (TPSA) is 83.6 Å². The molecule has 4 rings (SSSR count). The summed E-state index contributed by atoms with van der Waals surface area (Å²) in [5.41, 5.74) is 4.96. The van der Waals surface area contributed by atoms with E-state index in [4.69, 9.17) is 21.1 Å². The van der Waals surface area contributed by atoms with Crippen LogP contribution in [0.3, 0.4) is 0 Å². The minimum Gasteiger partial charge on any atom is -0.490 e. The van der Waals surface area contributed by atoms with Gasteiger partial charge in [-0.15, -0.1) is 0 Å². The van der Waals surface area contributed by atoms with Crippen LogP contribution >= 0.6 is 11.6 Å². The molecule has 0 amide bonds. The molecule has 0 saturated heterocycles. The van der Waals surface area contributed by atoms with Crippen molar-refractivity contribution < 1.29 is 19.4 Å². The van der Waals surface area contributed by atoms with E-state index in [2.05, 4.69) is 10.3 Å². The van der Waals surface area contributed by atoms with Crippen LogP contribution in [0.2, 0.25) is 5.02 Å². The van der Waals surface area contributed by atoms with Gasteiger partial charge in [-0.2, -0.15) is 0 Å². The van der Waals surface area contributed by atoms with E-state index in [1.165, 1.54) is 5.56 Å². The average Bonchev–Trinajstić information content (AvgIpc) is 3.25. The maximum absolute atomic E-state index is 12.0. The first-order chi connectivity index (χ1) is 16.9. The first-order valence-electron chi connectivity index (χ1n) is 11.6.